The standard InChI is InChI=1S/C10H16.C8H11.ClH.Ru/c1-6-7(2)9(4)10(5)8(6)3;1-2-4-6-8-7-5-3-1;;/h6H,1-5H3;1-2,7H,3-6H2;1H;/q;-1;;+2/p-1/b;2-1-;;. The van der Waals surface area contributed by atoms with Gasteiger partial charge in [-0.1, -0.05) is 43.1 Å². The van der Waals surface area contributed by atoms with E-state index in [-0.39, 0.29) is 31.9 Å². The summed E-state index contributed by atoms with van der Waals surface area (Å²) in [6.07, 6.45) is 14.5. The van der Waals surface area contributed by atoms with Gasteiger partial charge in [-0.2, -0.15) is 6.42 Å². The van der Waals surface area contributed by atoms with Crippen LogP contribution in [0.5, 0.6) is 0 Å². The van der Waals surface area contributed by atoms with Gasteiger partial charge in [-0.05, 0) is 51.2 Å². The van der Waals surface area contributed by atoms with Crippen LogP contribution in [0.3, 0.4) is 0 Å². The van der Waals surface area contributed by atoms with Crippen LogP contribution in [-0.2, 0) is 19.5 Å². The van der Waals surface area contributed by atoms with E-state index in [1.54, 1.807) is 11.1 Å². The van der Waals surface area contributed by atoms with Crippen molar-refractivity contribution < 1.29 is 31.9 Å². The molecule has 0 N–H and O–H groups in total. The van der Waals surface area contributed by atoms with Crippen molar-refractivity contribution in [2.24, 2.45) is 5.92 Å². The quantitative estimate of drug-likeness (QED) is 0.345. The maximum atomic E-state index is 3.21. The molecule has 0 radical (unpaired) electrons. The fraction of sp³-hybridized carbons (Fsp3) is 0.556. The van der Waals surface area contributed by atoms with Crippen molar-refractivity contribution in [2.75, 3.05) is 0 Å². The van der Waals surface area contributed by atoms with E-state index in [9.17, 15) is 0 Å². The Bertz CT molecular complexity index is 350. The normalized spacial score (nSPS) is 20.2. The molecule has 0 bridgehead atoms. The molecule has 2 rings (SSSR count). The van der Waals surface area contributed by atoms with Gasteiger partial charge < -0.3 is 18.5 Å². The number of hydrogen-bond acceptors (Lipinski definition) is 0. The van der Waals surface area contributed by atoms with Gasteiger partial charge in [-0.25, -0.2) is 0 Å². The number of halogens is 1. The van der Waals surface area contributed by atoms with E-state index >= 15 is 0 Å². The summed E-state index contributed by atoms with van der Waals surface area (Å²) in [5.41, 5.74) is 6.11. The second kappa shape index (κ2) is 11.5. The average molecular weight is 380 g/mol. The first-order chi connectivity index (χ1) is 8.55. The van der Waals surface area contributed by atoms with E-state index in [0.29, 0.717) is 5.92 Å². The SMILES string of the molecule is CC1=C(C)C(C)C(C)=C1C.[C-]1=CCC/C=C\CC1.[Cl-].[Ru+2]. The topological polar surface area (TPSA) is 0 Å². The van der Waals surface area contributed by atoms with Crippen molar-refractivity contribution in [3.8, 4) is 0 Å². The van der Waals surface area contributed by atoms with Crippen LogP contribution in [0.1, 0.15) is 60.3 Å². The number of hydrogen-bond donors (Lipinski definition) is 0. The zero-order valence-electron chi connectivity index (χ0n) is 13.4. The van der Waals surface area contributed by atoms with Crippen LogP contribution < -0.4 is 12.4 Å². The molecule has 0 spiro atoms. The van der Waals surface area contributed by atoms with Crippen molar-refractivity contribution in [2.45, 2.75) is 60.3 Å². The van der Waals surface area contributed by atoms with E-state index in [1.807, 2.05) is 0 Å². The van der Waals surface area contributed by atoms with Crippen molar-refractivity contribution in [1.82, 2.24) is 0 Å². The summed E-state index contributed by atoms with van der Waals surface area (Å²) in [6.45, 7) is 11.2. The predicted octanol–water partition coefficient (Wildman–Crippen LogP) is 2.79. The molecule has 2 aliphatic rings. The molecule has 0 aromatic rings. The minimum absolute atomic E-state index is 0. The second-order valence-electron chi connectivity index (χ2n) is 5.33. The van der Waals surface area contributed by atoms with Gasteiger partial charge in [0.15, 0.2) is 0 Å². The molecule has 0 nitrogen and oxygen atoms in total. The summed E-state index contributed by atoms with van der Waals surface area (Å²) in [5.74, 6) is 0.694. The Morgan fingerprint density at radius 1 is 0.900 bits per heavy atom. The van der Waals surface area contributed by atoms with Gasteiger partial charge in [0.05, 0.1) is 0 Å². The maximum Gasteiger partial charge on any atom is 2.00 e. The Morgan fingerprint density at radius 2 is 1.40 bits per heavy atom. The van der Waals surface area contributed by atoms with Gasteiger partial charge in [0.1, 0.15) is 0 Å². The smallest absolute Gasteiger partial charge is 1.00 e. The predicted molar refractivity (Wildman–Crippen MR) is 81.3 cm³/mol. The molecular weight excluding hydrogens is 353 g/mol. The van der Waals surface area contributed by atoms with E-state index in [2.05, 4.69) is 58.9 Å². The summed E-state index contributed by atoms with van der Waals surface area (Å²) >= 11 is 0. The average Bonchev–Trinajstić information content (AvgIpc) is 2.48. The summed E-state index contributed by atoms with van der Waals surface area (Å²) in [5, 5.41) is 0. The Morgan fingerprint density at radius 3 is 1.85 bits per heavy atom. The zero-order chi connectivity index (χ0) is 13.5. The minimum atomic E-state index is 0. The summed E-state index contributed by atoms with van der Waals surface area (Å²) in [7, 11) is 0. The molecule has 114 valence electrons. The number of allylic oxidation sites excluding steroid dienone is 8. The second-order valence-corrected chi connectivity index (χ2v) is 5.33. The zero-order valence-corrected chi connectivity index (χ0v) is 15.9. The molecule has 0 unspecified atom stereocenters. The third-order valence-electron chi connectivity index (χ3n) is 4.29. The van der Waals surface area contributed by atoms with E-state index in [1.165, 1.54) is 30.4 Å². The van der Waals surface area contributed by atoms with Crippen LogP contribution in [0.2, 0.25) is 0 Å². The van der Waals surface area contributed by atoms with Crippen LogP contribution in [0.4, 0.5) is 0 Å². The number of rotatable bonds is 0. The Kier molecular flexibility index (Phi) is 12.8. The molecule has 0 saturated heterocycles. The van der Waals surface area contributed by atoms with Crippen molar-refractivity contribution in [1.29, 1.82) is 0 Å². The largest absolute Gasteiger partial charge is 2.00 e. The summed E-state index contributed by atoms with van der Waals surface area (Å²) in [4.78, 5) is 0. The van der Waals surface area contributed by atoms with Gasteiger partial charge >= 0.3 is 19.5 Å². The molecule has 0 amide bonds. The first-order valence-electron chi connectivity index (χ1n) is 7.11. The molecule has 2 aliphatic carbocycles. The molecule has 0 fully saturated rings. The van der Waals surface area contributed by atoms with Gasteiger partial charge in [0, 0.05) is 0 Å². The fourth-order valence-corrected chi connectivity index (χ4v) is 2.35. The van der Waals surface area contributed by atoms with Crippen LogP contribution >= 0.6 is 0 Å². The monoisotopic (exact) mass is 380 g/mol. The summed E-state index contributed by atoms with van der Waals surface area (Å²) < 4.78 is 0. The molecule has 0 atom stereocenters. The minimum Gasteiger partial charge on any atom is -1.00 e. The molecule has 20 heavy (non-hydrogen) atoms. The molecule has 0 heterocycles. The molecule has 0 aliphatic heterocycles. The molecule has 2 heteroatoms. The third-order valence-corrected chi connectivity index (χ3v) is 4.29. The fourth-order valence-electron chi connectivity index (χ4n) is 2.35. The van der Waals surface area contributed by atoms with Gasteiger partial charge in [0.25, 0.3) is 0 Å². The van der Waals surface area contributed by atoms with Gasteiger partial charge in [-0.15, -0.1) is 0 Å². The Balaban J connectivity index is 0. The van der Waals surface area contributed by atoms with Crippen LogP contribution in [0, 0.1) is 12.0 Å². The summed E-state index contributed by atoms with van der Waals surface area (Å²) in [6, 6.07) is 0. The van der Waals surface area contributed by atoms with Gasteiger partial charge in [0.2, 0.25) is 0 Å². The Labute approximate surface area is 144 Å². The first-order valence-corrected chi connectivity index (χ1v) is 7.11. The van der Waals surface area contributed by atoms with E-state index < -0.39 is 0 Å². The maximum absolute atomic E-state index is 3.21. The van der Waals surface area contributed by atoms with Crippen LogP contribution in [0.15, 0.2) is 40.5 Å². The molecule has 0 saturated carbocycles. The third kappa shape index (κ3) is 6.55. The Hall–Kier alpha value is -0.127. The van der Waals surface area contributed by atoms with Gasteiger partial charge in [-0.3, -0.25) is 6.08 Å². The van der Waals surface area contributed by atoms with E-state index in [4.69, 9.17) is 0 Å². The van der Waals surface area contributed by atoms with Crippen LogP contribution in [0.25, 0.3) is 0 Å². The molecule has 0 aromatic heterocycles. The van der Waals surface area contributed by atoms with Crippen molar-refractivity contribution >= 4 is 0 Å². The van der Waals surface area contributed by atoms with E-state index in [0.717, 1.165) is 6.42 Å². The van der Waals surface area contributed by atoms with Crippen LogP contribution in [-0.4, -0.2) is 0 Å². The molecular formula is C18H27ClRu. The molecule has 0 aromatic carbocycles. The van der Waals surface area contributed by atoms with Crippen molar-refractivity contribution in [3.63, 3.8) is 0 Å². The van der Waals surface area contributed by atoms with Crippen molar-refractivity contribution in [3.05, 3.63) is 46.6 Å². The first kappa shape index (κ1) is 22.2.